The van der Waals surface area contributed by atoms with Crippen molar-refractivity contribution in [2.45, 2.75) is 6.54 Å². The Morgan fingerprint density at radius 1 is 1.08 bits per heavy atom. The second-order valence-electron chi connectivity index (χ2n) is 5.38. The largest absolute Gasteiger partial charge is 0.285 e. The van der Waals surface area contributed by atoms with Gasteiger partial charge in [0.1, 0.15) is 5.69 Å². The molecular weight excluding hydrogens is 366 g/mol. The molecule has 0 atom stereocenters. The number of carbonyl (C=O) groups is 1. The molecule has 0 saturated carbocycles. The summed E-state index contributed by atoms with van der Waals surface area (Å²) >= 11 is 2.74. The monoisotopic (exact) mass is 379 g/mol. The summed E-state index contributed by atoms with van der Waals surface area (Å²) in [5.41, 5.74) is 1.33. The van der Waals surface area contributed by atoms with Gasteiger partial charge in [0.2, 0.25) is 0 Å². The van der Waals surface area contributed by atoms with Crippen molar-refractivity contribution in [3.05, 3.63) is 76.7 Å². The van der Waals surface area contributed by atoms with Crippen LogP contribution in [0.15, 0.2) is 65.5 Å². The second kappa shape index (κ2) is 7.51. The molecule has 3 aromatic heterocycles. The molecule has 0 unspecified atom stereocenters. The van der Waals surface area contributed by atoms with Gasteiger partial charge in [0.15, 0.2) is 11.6 Å². The van der Waals surface area contributed by atoms with E-state index in [1.165, 1.54) is 22.9 Å². The third-order valence-electron chi connectivity index (χ3n) is 3.67. The highest BCUT2D eigenvalue weighted by atomic mass is 32.1. The average molecular weight is 379 g/mol. The van der Waals surface area contributed by atoms with E-state index in [9.17, 15) is 4.79 Å². The summed E-state index contributed by atoms with van der Waals surface area (Å²) in [6, 6.07) is 15.2. The maximum atomic E-state index is 13.1. The molecule has 26 heavy (non-hydrogen) atoms. The standard InChI is InChI=1S/C18H13N5OS2/c24-18(14-8-9-19-17(20-14)15-7-4-10-25-15)23(16-12-26-22-21-16)11-13-5-2-1-3-6-13/h1-10,12H,11H2. The van der Waals surface area contributed by atoms with Crippen molar-refractivity contribution in [1.29, 1.82) is 0 Å². The molecule has 0 radical (unpaired) electrons. The number of thiophene rings is 1. The van der Waals surface area contributed by atoms with Gasteiger partial charge in [0.05, 0.1) is 16.8 Å². The zero-order valence-corrected chi connectivity index (χ0v) is 15.2. The minimum atomic E-state index is -0.234. The summed E-state index contributed by atoms with van der Waals surface area (Å²) in [5.74, 6) is 0.823. The van der Waals surface area contributed by atoms with Gasteiger partial charge in [0, 0.05) is 6.20 Å². The van der Waals surface area contributed by atoms with Crippen molar-refractivity contribution in [2.24, 2.45) is 0 Å². The Morgan fingerprint density at radius 3 is 2.69 bits per heavy atom. The van der Waals surface area contributed by atoms with Gasteiger partial charge in [-0.3, -0.25) is 9.69 Å². The van der Waals surface area contributed by atoms with Gasteiger partial charge >= 0.3 is 0 Å². The van der Waals surface area contributed by atoms with Crippen molar-refractivity contribution in [3.8, 4) is 10.7 Å². The number of amides is 1. The number of rotatable bonds is 5. The van der Waals surface area contributed by atoms with Crippen LogP contribution in [-0.4, -0.2) is 25.5 Å². The van der Waals surface area contributed by atoms with E-state index in [0.29, 0.717) is 23.9 Å². The maximum absolute atomic E-state index is 13.1. The predicted molar refractivity (Wildman–Crippen MR) is 102 cm³/mol. The summed E-state index contributed by atoms with van der Waals surface area (Å²) in [5, 5.41) is 7.77. The van der Waals surface area contributed by atoms with Gasteiger partial charge < -0.3 is 0 Å². The van der Waals surface area contributed by atoms with Crippen molar-refractivity contribution >= 4 is 34.6 Å². The SMILES string of the molecule is O=C(c1ccnc(-c2cccs2)n1)N(Cc1ccccc1)c1csnn1. The van der Waals surface area contributed by atoms with E-state index < -0.39 is 0 Å². The Bertz CT molecular complexity index is 988. The van der Waals surface area contributed by atoms with E-state index in [1.54, 1.807) is 22.5 Å². The number of benzene rings is 1. The summed E-state index contributed by atoms with van der Waals surface area (Å²) < 4.78 is 3.89. The maximum Gasteiger partial charge on any atom is 0.278 e. The minimum absolute atomic E-state index is 0.234. The quantitative estimate of drug-likeness (QED) is 0.526. The second-order valence-corrected chi connectivity index (χ2v) is 6.94. The van der Waals surface area contributed by atoms with E-state index in [4.69, 9.17) is 0 Å². The lowest BCUT2D eigenvalue weighted by atomic mass is 10.2. The number of hydrogen-bond acceptors (Lipinski definition) is 7. The number of carbonyl (C=O) groups excluding carboxylic acids is 1. The molecule has 0 fully saturated rings. The molecule has 0 aliphatic carbocycles. The third-order valence-corrected chi connectivity index (χ3v) is 5.03. The Hall–Kier alpha value is -2.97. The molecule has 0 saturated heterocycles. The highest BCUT2D eigenvalue weighted by Gasteiger charge is 2.22. The number of anilines is 1. The molecule has 4 rings (SSSR count). The Labute approximate surface area is 158 Å². The zero-order valence-electron chi connectivity index (χ0n) is 13.5. The fourth-order valence-corrected chi connectivity index (χ4v) is 3.55. The molecule has 0 aliphatic heterocycles. The first-order chi connectivity index (χ1) is 12.8. The molecule has 8 heteroatoms. The van der Waals surface area contributed by atoms with Crippen LogP contribution in [0.3, 0.4) is 0 Å². The van der Waals surface area contributed by atoms with E-state index in [1.807, 2.05) is 47.8 Å². The highest BCUT2D eigenvalue weighted by molar-refractivity contribution is 7.13. The molecular formula is C18H13N5OS2. The van der Waals surface area contributed by atoms with Crippen LogP contribution in [0.25, 0.3) is 10.7 Å². The molecule has 4 aromatic rings. The average Bonchev–Trinajstić information content (AvgIpc) is 3.40. The summed E-state index contributed by atoms with van der Waals surface area (Å²) in [4.78, 5) is 24.4. The third kappa shape index (κ3) is 3.51. The lowest BCUT2D eigenvalue weighted by molar-refractivity contribution is 0.0979. The van der Waals surface area contributed by atoms with Gasteiger partial charge in [-0.15, -0.1) is 16.4 Å². The summed E-state index contributed by atoms with van der Waals surface area (Å²) in [6.45, 7) is 0.392. The van der Waals surface area contributed by atoms with Gasteiger partial charge in [-0.25, -0.2) is 9.97 Å². The van der Waals surface area contributed by atoms with Gasteiger partial charge in [-0.05, 0) is 34.6 Å². The van der Waals surface area contributed by atoms with Crippen molar-refractivity contribution in [2.75, 3.05) is 4.90 Å². The van der Waals surface area contributed by atoms with Crippen molar-refractivity contribution in [3.63, 3.8) is 0 Å². The van der Waals surface area contributed by atoms with Crippen LogP contribution in [0.1, 0.15) is 16.1 Å². The number of aromatic nitrogens is 4. The molecule has 128 valence electrons. The number of hydrogen-bond donors (Lipinski definition) is 0. The lowest BCUT2D eigenvalue weighted by Gasteiger charge is -2.19. The van der Waals surface area contributed by atoms with Gasteiger partial charge in [-0.2, -0.15) is 0 Å². The van der Waals surface area contributed by atoms with E-state index >= 15 is 0 Å². The van der Waals surface area contributed by atoms with Crippen molar-refractivity contribution in [1.82, 2.24) is 19.6 Å². The van der Waals surface area contributed by atoms with Gasteiger partial charge in [-0.1, -0.05) is 40.9 Å². The van der Waals surface area contributed by atoms with Crippen LogP contribution in [0.4, 0.5) is 5.82 Å². The highest BCUT2D eigenvalue weighted by Crippen LogP contribution is 2.22. The van der Waals surface area contributed by atoms with Crippen LogP contribution in [0.2, 0.25) is 0 Å². The molecule has 6 nitrogen and oxygen atoms in total. The molecule has 0 aliphatic rings. The Balaban J connectivity index is 1.68. The first kappa shape index (κ1) is 16.5. The molecule has 1 aromatic carbocycles. The predicted octanol–water partition coefficient (Wildman–Crippen LogP) is 3.90. The molecule has 1 amide bonds. The fraction of sp³-hybridized carbons (Fsp3) is 0.0556. The van der Waals surface area contributed by atoms with Crippen LogP contribution in [0.5, 0.6) is 0 Å². The van der Waals surface area contributed by atoms with E-state index in [2.05, 4.69) is 19.6 Å². The summed E-state index contributed by atoms with van der Waals surface area (Å²) in [7, 11) is 0. The minimum Gasteiger partial charge on any atom is -0.285 e. The van der Waals surface area contributed by atoms with Crippen LogP contribution in [0, 0.1) is 0 Å². The summed E-state index contributed by atoms with van der Waals surface area (Å²) in [6.07, 6.45) is 1.61. The topological polar surface area (TPSA) is 71.9 Å². The molecule has 0 N–H and O–H groups in total. The zero-order chi connectivity index (χ0) is 17.8. The lowest BCUT2D eigenvalue weighted by Crippen LogP contribution is -2.31. The van der Waals surface area contributed by atoms with Crippen LogP contribution >= 0.6 is 22.9 Å². The molecule has 0 bridgehead atoms. The van der Waals surface area contributed by atoms with E-state index in [0.717, 1.165) is 10.4 Å². The smallest absolute Gasteiger partial charge is 0.278 e. The first-order valence-corrected chi connectivity index (χ1v) is 9.52. The number of nitrogens with zero attached hydrogens (tertiary/aromatic N) is 5. The molecule has 0 spiro atoms. The fourth-order valence-electron chi connectivity index (χ4n) is 2.44. The first-order valence-electron chi connectivity index (χ1n) is 7.81. The Morgan fingerprint density at radius 2 is 1.96 bits per heavy atom. The van der Waals surface area contributed by atoms with Crippen LogP contribution < -0.4 is 4.90 Å². The van der Waals surface area contributed by atoms with Crippen molar-refractivity contribution < 1.29 is 4.79 Å². The molecule has 3 heterocycles. The van der Waals surface area contributed by atoms with Crippen LogP contribution in [-0.2, 0) is 6.54 Å². The van der Waals surface area contributed by atoms with Gasteiger partial charge in [0.25, 0.3) is 5.91 Å². The van der Waals surface area contributed by atoms with E-state index in [-0.39, 0.29) is 5.91 Å². The Kier molecular flexibility index (Phi) is 4.76. The normalized spacial score (nSPS) is 10.6.